The zero-order chi connectivity index (χ0) is 10.1. The summed E-state index contributed by atoms with van der Waals surface area (Å²) in [7, 11) is 0. The van der Waals surface area contributed by atoms with Crippen molar-refractivity contribution in [1.29, 1.82) is 0 Å². The van der Waals surface area contributed by atoms with Crippen molar-refractivity contribution in [3.05, 3.63) is 16.3 Å². The third-order valence-electron chi connectivity index (χ3n) is 1.53. The first-order chi connectivity index (χ1) is 6.00. The molecule has 0 amide bonds. The van der Waals surface area contributed by atoms with Crippen molar-refractivity contribution in [2.75, 3.05) is 0 Å². The smallest absolute Gasteiger partial charge is 0.280 e. The van der Waals surface area contributed by atoms with E-state index < -0.39 is 17.6 Å². The second-order valence-electron chi connectivity index (χ2n) is 2.34. The van der Waals surface area contributed by atoms with Crippen LogP contribution in [0, 0.1) is 4.91 Å². The lowest BCUT2D eigenvalue weighted by Crippen LogP contribution is -2.05. The number of rotatable bonds is 2. The van der Waals surface area contributed by atoms with E-state index in [4.69, 9.17) is 0 Å². The zero-order valence-corrected chi connectivity index (χ0v) is 6.64. The Bertz CT molecular complexity index is 317. The number of aromatic amines is 1. The average Bonchev–Trinajstić information content (AvgIpc) is 2.45. The summed E-state index contributed by atoms with van der Waals surface area (Å²) in [6.45, 7) is 1.60. The Balaban J connectivity index is 3.23. The van der Waals surface area contributed by atoms with Crippen LogP contribution >= 0.6 is 0 Å². The average molecular weight is 193 g/mol. The van der Waals surface area contributed by atoms with E-state index in [0.717, 1.165) is 0 Å². The molecular formula is C6H6F3N3O. The predicted molar refractivity (Wildman–Crippen MR) is 38.4 cm³/mol. The summed E-state index contributed by atoms with van der Waals surface area (Å²) < 4.78 is 36.3. The van der Waals surface area contributed by atoms with Gasteiger partial charge in [-0.3, -0.25) is 5.10 Å². The number of aryl methyl sites for hydroxylation is 1. The van der Waals surface area contributed by atoms with Gasteiger partial charge in [0.1, 0.15) is 0 Å². The minimum atomic E-state index is -4.63. The van der Waals surface area contributed by atoms with Crippen LogP contribution in [0.15, 0.2) is 5.18 Å². The quantitative estimate of drug-likeness (QED) is 0.733. The van der Waals surface area contributed by atoms with Gasteiger partial charge in [0.2, 0.25) is 0 Å². The molecule has 0 aromatic carbocycles. The number of halogens is 3. The van der Waals surface area contributed by atoms with Gasteiger partial charge in [-0.25, -0.2) is 0 Å². The summed E-state index contributed by atoms with van der Waals surface area (Å²) in [5, 5.41) is 7.41. The van der Waals surface area contributed by atoms with Crippen molar-refractivity contribution in [2.24, 2.45) is 5.18 Å². The molecule has 72 valence electrons. The molecule has 0 aliphatic heterocycles. The summed E-state index contributed by atoms with van der Waals surface area (Å²) in [5.74, 6) is 0. The molecule has 0 saturated carbocycles. The minimum absolute atomic E-state index is 0.0994. The molecule has 1 N–H and O–H groups in total. The van der Waals surface area contributed by atoms with Crippen LogP contribution in [0.1, 0.15) is 18.3 Å². The van der Waals surface area contributed by atoms with E-state index in [1.165, 1.54) is 0 Å². The maximum atomic E-state index is 12.1. The van der Waals surface area contributed by atoms with Gasteiger partial charge < -0.3 is 0 Å². The van der Waals surface area contributed by atoms with Crippen LogP contribution in [0.4, 0.5) is 18.9 Å². The topological polar surface area (TPSA) is 58.1 Å². The van der Waals surface area contributed by atoms with E-state index in [0.29, 0.717) is 0 Å². The second kappa shape index (κ2) is 3.15. The first-order valence-electron chi connectivity index (χ1n) is 3.48. The molecule has 1 aromatic rings. The van der Waals surface area contributed by atoms with E-state index >= 15 is 0 Å². The lowest BCUT2D eigenvalue weighted by molar-refractivity contribution is -0.140. The molecule has 0 aliphatic carbocycles. The van der Waals surface area contributed by atoms with Crippen LogP contribution in [-0.4, -0.2) is 10.2 Å². The van der Waals surface area contributed by atoms with Gasteiger partial charge in [-0.1, -0.05) is 6.92 Å². The maximum absolute atomic E-state index is 12.1. The standard InChI is InChI=1S/C6H6F3N3O/c1-2-3-4(12-13)5(11-10-3)6(7,8)9/h2H2,1H3,(H,10,11). The number of nitrogens with zero attached hydrogens (tertiary/aromatic N) is 2. The largest absolute Gasteiger partial charge is 0.437 e. The fourth-order valence-corrected chi connectivity index (χ4v) is 0.915. The highest BCUT2D eigenvalue weighted by molar-refractivity contribution is 5.47. The van der Waals surface area contributed by atoms with E-state index in [9.17, 15) is 18.1 Å². The van der Waals surface area contributed by atoms with Crippen LogP contribution in [-0.2, 0) is 12.6 Å². The number of aromatic nitrogens is 2. The molecule has 0 bridgehead atoms. The number of nitroso groups, excluding NO2 is 1. The van der Waals surface area contributed by atoms with Crippen LogP contribution in [0.25, 0.3) is 0 Å². The highest BCUT2D eigenvalue weighted by atomic mass is 19.4. The zero-order valence-electron chi connectivity index (χ0n) is 6.64. The lowest BCUT2D eigenvalue weighted by atomic mass is 10.2. The van der Waals surface area contributed by atoms with Crippen molar-refractivity contribution in [2.45, 2.75) is 19.5 Å². The van der Waals surface area contributed by atoms with Gasteiger partial charge in [-0.15, -0.1) is 4.91 Å². The molecule has 0 spiro atoms. The Labute approximate surface area is 71.1 Å². The fourth-order valence-electron chi connectivity index (χ4n) is 0.915. The van der Waals surface area contributed by atoms with E-state index in [1.54, 1.807) is 6.92 Å². The van der Waals surface area contributed by atoms with Crippen molar-refractivity contribution in [3.8, 4) is 0 Å². The van der Waals surface area contributed by atoms with E-state index in [2.05, 4.69) is 15.4 Å². The monoisotopic (exact) mass is 193 g/mol. The van der Waals surface area contributed by atoms with Gasteiger partial charge in [0.15, 0.2) is 11.4 Å². The Morgan fingerprint density at radius 1 is 1.54 bits per heavy atom. The molecule has 4 nitrogen and oxygen atoms in total. The van der Waals surface area contributed by atoms with Crippen molar-refractivity contribution < 1.29 is 13.2 Å². The minimum Gasteiger partial charge on any atom is -0.280 e. The summed E-state index contributed by atoms with van der Waals surface area (Å²) in [6.07, 6.45) is -4.38. The van der Waals surface area contributed by atoms with Crippen LogP contribution in [0.5, 0.6) is 0 Å². The van der Waals surface area contributed by atoms with Crippen molar-refractivity contribution >= 4 is 5.69 Å². The molecule has 0 fully saturated rings. The predicted octanol–water partition coefficient (Wildman–Crippen LogP) is 2.39. The first-order valence-corrected chi connectivity index (χ1v) is 3.48. The molecule has 0 atom stereocenters. The normalized spacial score (nSPS) is 11.7. The second-order valence-corrected chi connectivity index (χ2v) is 2.34. The molecule has 1 heterocycles. The Morgan fingerprint density at radius 3 is 2.54 bits per heavy atom. The van der Waals surface area contributed by atoms with Gasteiger partial charge in [0.25, 0.3) is 0 Å². The number of hydrogen-bond acceptors (Lipinski definition) is 3. The van der Waals surface area contributed by atoms with Crippen LogP contribution < -0.4 is 0 Å². The van der Waals surface area contributed by atoms with Gasteiger partial charge in [-0.2, -0.15) is 18.3 Å². The fraction of sp³-hybridized carbons (Fsp3) is 0.500. The molecule has 0 unspecified atom stereocenters. The molecule has 0 radical (unpaired) electrons. The number of H-pyrrole nitrogens is 1. The molecular weight excluding hydrogens is 187 g/mol. The molecule has 7 heteroatoms. The number of nitrogens with one attached hydrogen (secondary N) is 1. The first kappa shape index (κ1) is 9.69. The SMILES string of the molecule is CCc1[nH]nc(C(F)(F)F)c1N=O. The summed E-state index contributed by atoms with van der Waals surface area (Å²) >= 11 is 0. The van der Waals surface area contributed by atoms with Gasteiger partial charge in [0, 0.05) is 0 Å². The maximum Gasteiger partial charge on any atom is 0.437 e. The van der Waals surface area contributed by atoms with Gasteiger partial charge in [-0.05, 0) is 11.6 Å². The highest BCUT2D eigenvalue weighted by Gasteiger charge is 2.38. The molecule has 0 aliphatic rings. The molecule has 13 heavy (non-hydrogen) atoms. The van der Waals surface area contributed by atoms with Crippen LogP contribution in [0.2, 0.25) is 0 Å². The number of alkyl halides is 3. The summed E-state index contributed by atoms with van der Waals surface area (Å²) in [6, 6.07) is 0. The molecule has 1 rings (SSSR count). The summed E-state index contributed by atoms with van der Waals surface area (Å²) in [4.78, 5) is 10.1. The third kappa shape index (κ3) is 1.68. The van der Waals surface area contributed by atoms with Crippen molar-refractivity contribution in [1.82, 2.24) is 10.2 Å². The number of hydrogen-bond donors (Lipinski definition) is 1. The Kier molecular flexibility index (Phi) is 2.35. The Hall–Kier alpha value is -1.40. The van der Waals surface area contributed by atoms with Crippen LogP contribution in [0.3, 0.4) is 0 Å². The van der Waals surface area contributed by atoms with E-state index in [-0.39, 0.29) is 12.1 Å². The third-order valence-corrected chi connectivity index (χ3v) is 1.53. The lowest BCUT2D eigenvalue weighted by Gasteiger charge is -2.00. The van der Waals surface area contributed by atoms with Gasteiger partial charge >= 0.3 is 6.18 Å². The molecule has 0 saturated heterocycles. The highest BCUT2D eigenvalue weighted by Crippen LogP contribution is 2.36. The van der Waals surface area contributed by atoms with Crippen molar-refractivity contribution in [3.63, 3.8) is 0 Å². The van der Waals surface area contributed by atoms with E-state index in [1.807, 2.05) is 0 Å². The summed E-state index contributed by atoms with van der Waals surface area (Å²) in [5.41, 5.74) is -1.79. The molecule has 1 aromatic heterocycles. The van der Waals surface area contributed by atoms with Gasteiger partial charge in [0.05, 0.1) is 5.69 Å². The Morgan fingerprint density at radius 2 is 2.15 bits per heavy atom.